The molecule has 2 aliphatic heterocycles. The number of ether oxygens (including phenoxy) is 2. The number of carbonyl (C=O) groups is 2. The summed E-state index contributed by atoms with van der Waals surface area (Å²) >= 11 is 0. The zero-order valence-corrected chi connectivity index (χ0v) is 10.6. The Labute approximate surface area is 106 Å². The van der Waals surface area contributed by atoms with Crippen molar-refractivity contribution >= 4 is 11.9 Å². The third-order valence-electron chi connectivity index (χ3n) is 3.83. The van der Waals surface area contributed by atoms with E-state index in [1.807, 2.05) is 0 Å². The highest BCUT2D eigenvalue weighted by molar-refractivity contribution is 5.83. The molecule has 6 heteroatoms. The Morgan fingerprint density at radius 3 is 2.78 bits per heavy atom. The molecule has 1 amide bonds. The van der Waals surface area contributed by atoms with Gasteiger partial charge >= 0.3 is 5.97 Å². The molecule has 0 aromatic heterocycles. The Kier molecular flexibility index (Phi) is 3.87. The van der Waals surface area contributed by atoms with Crippen LogP contribution in [-0.4, -0.2) is 60.9 Å². The normalized spacial score (nSPS) is 32.5. The number of carbonyl (C=O) groups excluding carboxylic acids is 1. The molecule has 0 aliphatic carbocycles. The van der Waals surface area contributed by atoms with Crippen molar-refractivity contribution < 1.29 is 24.2 Å². The predicted octanol–water partition coefficient (Wildman–Crippen LogP) is 0.115. The van der Waals surface area contributed by atoms with Crippen molar-refractivity contribution in [1.29, 1.82) is 0 Å². The van der Waals surface area contributed by atoms with Gasteiger partial charge in [-0.3, -0.25) is 4.79 Å². The highest BCUT2D eigenvalue weighted by atomic mass is 16.5. The first kappa shape index (κ1) is 13.3. The van der Waals surface area contributed by atoms with E-state index < -0.39 is 11.6 Å². The second-order valence-corrected chi connectivity index (χ2v) is 4.93. The average Bonchev–Trinajstić information content (AvgIpc) is 2.84. The topological polar surface area (TPSA) is 76.1 Å². The minimum absolute atomic E-state index is 0.00475. The van der Waals surface area contributed by atoms with Crippen LogP contribution in [0.4, 0.5) is 0 Å². The number of hydrogen-bond acceptors (Lipinski definition) is 4. The lowest BCUT2D eigenvalue weighted by atomic mass is 10.0. The average molecular weight is 257 g/mol. The Morgan fingerprint density at radius 2 is 2.28 bits per heavy atom. The monoisotopic (exact) mass is 257 g/mol. The van der Waals surface area contributed by atoms with Crippen molar-refractivity contribution in [3.05, 3.63) is 0 Å². The Balaban J connectivity index is 1.99. The van der Waals surface area contributed by atoms with Crippen LogP contribution in [0.2, 0.25) is 0 Å². The van der Waals surface area contributed by atoms with Gasteiger partial charge < -0.3 is 19.5 Å². The van der Waals surface area contributed by atoms with Crippen LogP contribution in [0, 0.1) is 5.92 Å². The van der Waals surface area contributed by atoms with Crippen molar-refractivity contribution in [1.82, 2.24) is 4.90 Å². The Hall–Kier alpha value is -1.14. The molecule has 0 spiro atoms. The zero-order chi connectivity index (χ0) is 13.2. The van der Waals surface area contributed by atoms with Gasteiger partial charge in [-0.25, -0.2) is 4.79 Å². The first-order valence-electron chi connectivity index (χ1n) is 6.24. The number of hydrogen-bond donors (Lipinski definition) is 1. The molecule has 2 saturated heterocycles. The van der Waals surface area contributed by atoms with Gasteiger partial charge in [-0.2, -0.15) is 0 Å². The lowest BCUT2D eigenvalue weighted by Crippen LogP contribution is -2.46. The van der Waals surface area contributed by atoms with Gasteiger partial charge in [-0.05, 0) is 12.8 Å². The number of amides is 1. The largest absolute Gasteiger partial charge is 0.479 e. The van der Waals surface area contributed by atoms with Crippen LogP contribution < -0.4 is 0 Å². The van der Waals surface area contributed by atoms with Crippen LogP contribution in [0.15, 0.2) is 0 Å². The number of aliphatic carboxylic acids is 1. The highest BCUT2D eigenvalue weighted by Crippen LogP contribution is 2.27. The van der Waals surface area contributed by atoms with Gasteiger partial charge in [0.25, 0.3) is 0 Å². The van der Waals surface area contributed by atoms with Crippen LogP contribution >= 0.6 is 0 Å². The molecule has 18 heavy (non-hydrogen) atoms. The van der Waals surface area contributed by atoms with E-state index in [2.05, 4.69) is 0 Å². The van der Waals surface area contributed by atoms with E-state index in [1.54, 1.807) is 4.90 Å². The molecular weight excluding hydrogens is 238 g/mol. The van der Waals surface area contributed by atoms with Crippen LogP contribution in [0.1, 0.15) is 19.3 Å². The molecular formula is C12H19NO5. The van der Waals surface area contributed by atoms with E-state index in [4.69, 9.17) is 9.47 Å². The fourth-order valence-electron chi connectivity index (χ4n) is 2.59. The maximum atomic E-state index is 12.2. The van der Waals surface area contributed by atoms with Gasteiger partial charge in [-0.15, -0.1) is 0 Å². The van der Waals surface area contributed by atoms with Gasteiger partial charge in [0.2, 0.25) is 5.91 Å². The first-order chi connectivity index (χ1) is 8.59. The van der Waals surface area contributed by atoms with E-state index >= 15 is 0 Å². The number of rotatable bonds is 3. The molecule has 2 fully saturated rings. The van der Waals surface area contributed by atoms with Gasteiger partial charge in [0, 0.05) is 26.7 Å². The highest BCUT2D eigenvalue weighted by Gasteiger charge is 2.47. The SMILES string of the molecule is COC1(C(=O)O)CCN(C(=O)C2CCCOC2)C1. The van der Waals surface area contributed by atoms with E-state index in [-0.39, 0.29) is 18.4 Å². The molecule has 0 bridgehead atoms. The second-order valence-electron chi connectivity index (χ2n) is 4.93. The quantitative estimate of drug-likeness (QED) is 0.777. The number of carboxylic acid groups (broad SMARTS) is 1. The molecule has 2 atom stereocenters. The number of nitrogens with zero attached hydrogens (tertiary/aromatic N) is 1. The van der Waals surface area contributed by atoms with Crippen LogP contribution in [0.3, 0.4) is 0 Å². The fraction of sp³-hybridized carbons (Fsp3) is 0.833. The minimum atomic E-state index is -1.23. The Bertz CT molecular complexity index is 339. The number of carboxylic acids is 1. The third kappa shape index (κ3) is 2.35. The predicted molar refractivity (Wildman–Crippen MR) is 62.1 cm³/mol. The number of likely N-dealkylation sites (tertiary alicyclic amines) is 1. The minimum Gasteiger partial charge on any atom is -0.479 e. The molecule has 102 valence electrons. The van der Waals surface area contributed by atoms with E-state index in [0.717, 1.165) is 12.8 Å². The summed E-state index contributed by atoms with van der Waals surface area (Å²) in [5, 5.41) is 9.19. The molecule has 6 nitrogen and oxygen atoms in total. The van der Waals surface area contributed by atoms with Gasteiger partial charge in [0.05, 0.1) is 19.1 Å². The summed E-state index contributed by atoms with van der Waals surface area (Å²) < 4.78 is 10.4. The van der Waals surface area contributed by atoms with Gasteiger partial charge in [-0.1, -0.05) is 0 Å². The Morgan fingerprint density at radius 1 is 1.50 bits per heavy atom. The summed E-state index contributed by atoms with van der Waals surface area (Å²) in [5.74, 6) is -1.13. The molecule has 0 saturated carbocycles. The molecule has 2 aliphatic rings. The van der Waals surface area contributed by atoms with Crippen molar-refractivity contribution in [3.63, 3.8) is 0 Å². The summed E-state index contributed by atoms with van der Waals surface area (Å²) in [6.07, 6.45) is 2.05. The maximum Gasteiger partial charge on any atom is 0.337 e. The third-order valence-corrected chi connectivity index (χ3v) is 3.83. The van der Waals surface area contributed by atoms with E-state index in [9.17, 15) is 14.7 Å². The lowest BCUT2D eigenvalue weighted by Gasteiger charge is -2.27. The summed E-state index contributed by atoms with van der Waals surface area (Å²) in [5.41, 5.74) is -1.23. The summed E-state index contributed by atoms with van der Waals surface area (Å²) in [6.45, 7) is 1.73. The summed E-state index contributed by atoms with van der Waals surface area (Å²) in [7, 11) is 1.38. The fourth-order valence-corrected chi connectivity index (χ4v) is 2.59. The maximum absolute atomic E-state index is 12.2. The van der Waals surface area contributed by atoms with Crippen LogP contribution in [-0.2, 0) is 19.1 Å². The first-order valence-corrected chi connectivity index (χ1v) is 6.24. The van der Waals surface area contributed by atoms with Crippen LogP contribution in [0.5, 0.6) is 0 Å². The van der Waals surface area contributed by atoms with Crippen molar-refractivity contribution in [3.8, 4) is 0 Å². The van der Waals surface area contributed by atoms with Gasteiger partial charge in [0.15, 0.2) is 5.60 Å². The molecule has 2 heterocycles. The molecule has 0 radical (unpaired) electrons. The van der Waals surface area contributed by atoms with Crippen molar-refractivity contribution in [2.24, 2.45) is 5.92 Å². The van der Waals surface area contributed by atoms with E-state index in [0.29, 0.717) is 26.2 Å². The molecule has 2 unspecified atom stereocenters. The second kappa shape index (κ2) is 5.24. The summed E-state index contributed by atoms with van der Waals surface area (Å²) in [4.78, 5) is 25.0. The van der Waals surface area contributed by atoms with Crippen molar-refractivity contribution in [2.45, 2.75) is 24.9 Å². The van der Waals surface area contributed by atoms with E-state index in [1.165, 1.54) is 7.11 Å². The lowest BCUT2D eigenvalue weighted by molar-refractivity contribution is -0.161. The summed E-state index contributed by atoms with van der Waals surface area (Å²) in [6, 6.07) is 0. The van der Waals surface area contributed by atoms with Gasteiger partial charge in [0.1, 0.15) is 0 Å². The smallest absolute Gasteiger partial charge is 0.337 e. The number of methoxy groups -OCH3 is 1. The molecule has 1 N–H and O–H groups in total. The van der Waals surface area contributed by atoms with Crippen molar-refractivity contribution in [2.75, 3.05) is 33.4 Å². The molecule has 0 aromatic rings. The standard InChI is InChI=1S/C12H19NO5/c1-17-12(11(15)16)4-5-13(8-12)10(14)9-3-2-6-18-7-9/h9H,2-8H2,1H3,(H,15,16). The molecule has 2 rings (SSSR count). The van der Waals surface area contributed by atoms with Crippen LogP contribution in [0.25, 0.3) is 0 Å². The molecule has 0 aromatic carbocycles. The zero-order valence-electron chi connectivity index (χ0n) is 10.6.